The number of benzene rings is 2. The van der Waals surface area contributed by atoms with Crippen molar-refractivity contribution >= 4 is 35.6 Å². The lowest BCUT2D eigenvalue weighted by Crippen LogP contribution is -2.38. The second kappa shape index (κ2) is 7.29. The minimum Gasteiger partial charge on any atom is -0.350 e. The third-order valence-electron chi connectivity index (χ3n) is 4.62. The van der Waals surface area contributed by atoms with Crippen LogP contribution in [0.4, 0.5) is 9.18 Å². The fourth-order valence-electron chi connectivity index (χ4n) is 3.08. The fraction of sp³-hybridized carbons (Fsp3) is 0.263. The highest BCUT2D eigenvalue weighted by Gasteiger charge is 2.44. The van der Waals surface area contributed by atoms with Crippen LogP contribution in [0.25, 0.3) is 0 Å². The number of fused-ring (bicyclic) bond motifs is 1. The van der Waals surface area contributed by atoms with E-state index < -0.39 is 10.9 Å². The summed E-state index contributed by atoms with van der Waals surface area (Å²) < 4.78 is 14.0. The summed E-state index contributed by atoms with van der Waals surface area (Å²) in [5.41, 5.74) is 11.1. The SMILES string of the molecule is Cc1ccc(C2(Cl)c3cc(F)ccc3SCC2C=NNC(N)=O)cc1C. The van der Waals surface area contributed by atoms with Gasteiger partial charge >= 0.3 is 6.03 Å². The van der Waals surface area contributed by atoms with Gasteiger partial charge in [0.25, 0.3) is 0 Å². The molecule has 0 spiro atoms. The molecule has 2 atom stereocenters. The Morgan fingerprint density at radius 2 is 2.12 bits per heavy atom. The molecular formula is C19H19ClFN3OS. The number of nitrogens with one attached hydrogen (secondary N) is 1. The quantitative estimate of drug-likeness (QED) is 0.465. The van der Waals surface area contributed by atoms with Crippen molar-refractivity contribution in [3.05, 3.63) is 64.5 Å². The first-order chi connectivity index (χ1) is 12.3. The minimum atomic E-state index is -0.996. The summed E-state index contributed by atoms with van der Waals surface area (Å²) in [6.45, 7) is 4.04. The first-order valence-corrected chi connectivity index (χ1v) is 9.47. The van der Waals surface area contributed by atoms with Crippen LogP contribution < -0.4 is 11.2 Å². The van der Waals surface area contributed by atoms with Gasteiger partial charge in [0.1, 0.15) is 10.7 Å². The Labute approximate surface area is 161 Å². The molecule has 3 N–H and O–H groups in total. The number of carbonyl (C=O) groups excluding carboxylic acids is 1. The first kappa shape index (κ1) is 18.7. The summed E-state index contributed by atoms with van der Waals surface area (Å²) in [5.74, 6) is 0.0300. The topological polar surface area (TPSA) is 67.5 Å². The van der Waals surface area contributed by atoms with Crippen LogP contribution in [0.1, 0.15) is 22.3 Å². The fourth-order valence-corrected chi connectivity index (χ4v) is 4.87. The monoisotopic (exact) mass is 391 g/mol. The van der Waals surface area contributed by atoms with Crippen molar-refractivity contribution in [3.8, 4) is 0 Å². The zero-order valence-corrected chi connectivity index (χ0v) is 16.0. The lowest BCUT2D eigenvalue weighted by molar-refractivity contribution is 0.249. The minimum absolute atomic E-state index is 0.266. The highest BCUT2D eigenvalue weighted by Crippen LogP contribution is 2.51. The second-order valence-electron chi connectivity index (χ2n) is 6.32. The van der Waals surface area contributed by atoms with Gasteiger partial charge in [-0.2, -0.15) is 5.10 Å². The predicted molar refractivity (Wildman–Crippen MR) is 104 cm³/mol. The molecule has 0 aliphatic carbocycles. The lowest BCUT2D eigenvalue weighted by Gasteiger charge is -2.39. The largest absolute Gasteiger partial charge is 0.350 e. The van der Waals surface area contributed by atoms with Gasteiger partial charge in [0, 0.05) is 22.8 Å². The zero-order valence-electron chi connectivity index (χ0n) is 14.4. The molecule has 0 saturated heterocycles. The Bertz CT molecular complexity index is 889. The molecule has 4 nitrogen and oxygen atoms in total. The second-order valence-corrected chi connectivity index (χ2v) is 7.98. The highest BCUT2D eigenvalue weighted by molar-refractivity contribution is 7.99. The third-order valence-corrected chi connectivity index (χ3v) is 6.51. The number of halogens is 2. The molecule has 1 heterocycles. The number of nitrogens with two attached hydrogens (primary N) is 1. The molecule has 7 heteroatoms. The van der Waals surface area contributed by atoms with E-state index in [9.17, 15) is 9.18 Å². The van der Waals surface area contributed by atoms with Crippen LogP contribution in [-0.2, 0) is 4.87 Å². The molecule has 3 rings (SSSR count). The van der Waals surface area contributed by atoms with Crippen molar-refractivity contribution in [2.75, 3.05) is 5.75 Å². The maximum Gasteiger partial charge on any atom is 0.332 e. The molecule has 1 aliphatic heterocycles. The Morgan fingerprint density at radius 1 is 1.35 bits per heavy atom. The molecule has 2 unspecified atom stereocenters. The van der Waals surface area contributed by atoms with E-state index in [1.807, 2.05) is 32.0 Å². The number of hydrogen-bond acceptors (Lipinski definition) is 3. The molecule has 136 valence electrons. The van der Waals surface area contributed by atoms with E-state index in [1.165, 1.54) is 12.1 Å². The van der Waals surface area contributed by atoms with Crippen LogP contribution in [0.5, 0.6) is 0 Å². The summed E-state index contributed by atoms with van der Waals surface area (Å²) >= 11 is 8.78. The molecule has 0 fully saturated rings. The van der Waals surface area contributed by atoms with Crippen molar-refractivity contribution in [2.45, 2.75) is 23.6 Å². The molecule has 1 aliphatic rings. The van der Waals surface area contributed by atoms with E-state index in [4.69, 9.17) is 17.3 Å². The van der Waals surface area contributed by atoms with Crippen LogP contribution in [0.15, 0.2) is 46.4 Å². The summed E-state index contributed by atoms with van der Waals surface area (Å²) in [5, 5.41) is 3.91. The van der Waals surface area contributed by atoms with Crippen LogP contribution in [0, 0.1) is 25.6 Å². The van der Waals surface area contributed by atoms with Crippen molar-refractivity contribution in [1.29, 1.82) is 0 Å². The number of carbonyl (C=O) groups is 1. The average Bonchev–Trinajstić information content (AvgIpc) is 2.59. The first-order valence-electron chi connectivity index (χ1n) is 8.10. The van der Waals surface area contributed by atoms with Crippen LogP contribution >= 0.6 is 23.4 Å². The molecule has 0 radical (unpaired) electrons. The smallest absolute Gasteiger partial charge is 0.332 e. The van der Waals surface area contributed by atoms with Gasteiger partial charge in [-0.25, -0.2) is 14.6 Å². The molecule has 2 aromatic rings. The number of amides is 2. The van der Waals surface area contributed by atoms with Crippen molar-refractivity contribution in [2.24, 2.45) is 16.8 Å². The number of alkyl halides is 1. The van der Waals surface area contributed by atoms with E-state index in [0.717, 1.165) is 21.6 Å². The number of hydrazone groups is 1. The van der Waals surface area contributed by atoms with Gasteiger partial charge in [-0.3, -0.25) is 0 Å². The number of primary amides is 1. The van der Waals surface area contributed by atoms with E-state index >= 15 is 0 Å². The van der Waals surface area contributed by atoms with Gasteiger partial charge < -0.3 is 5.73 Å². The lowest BCUT2D eigenvalue weighted by atomic mass is 9.79. The Balaban J connectivity index is 2.15. The number of aryl methyl sites for hydroxylation is 2. The van der Waals surface area contributed by atoms with Crippen LogP contribution in [-0.4, -0.2) is 18.0 Å². The van der Waals surface area contributed by atoms with E-state index in [1.54, 1.807) is 24.0 Å². The summed E-state index contributed by atoms with van der Waals surface area (Å²) in [6, 6.07) is 9.91. The number of hydrogen-bond donors (Lipinski definition) is 2. The van der Waals surface area contributed by atoms with Gasteiger partial charge in [0.05, 0.1) is 0 Å². The molecule has 2 amide bonds. The normalized spacial score (nSPS) is 22.2. The maximum absolute atomic E-state index is 14.0. The summed E-state index contributed by atoms with van der Waals surface area (Å²) in [7, 11) is 0. The van der Waals surface area contributed by atoms with Crippen molar-refractivity contribution in [1.82, 2.24) is 5.43 Å². The number of urea groups is 1. The molecular weight excluding hydrogens is 373 g/mol. The average molecular weight is 392 g/mol. The molecule has 0 aromatic heterocycles. The molecule has 2 aromatic carbocycles. The summed E-state index contributed by atoms with van der Waals surface area (Å²) in [4.78, 5) is 10.8. The molecule has 0 saturated carbocycles. The van der Waals surface area contributed by atoms with Crippen LogP contribution in [0.3, 0.4) is 0 Å². The van der Waals surface area contributed by atoms with Crippen LogP contribution in [0.2, 0.25) is 0 Å². The number of thioether (sulfide) groups is 1. The molecule has 0 bridgehead atoms. The highest BCUT2D eigenvalue weighted by atomic mass is 35.5. The van der Waals surface area contributed by atoms with Gasteiger partial charge in [0.2, 0.25) is 0 Å². The standard InChI is InChI=1S/C19H19ClFN3OS/c1-11-3-4-13(7-12(11)2)19(20)14(9-23-24-18(22)25)10-26-17-6-5-15(21)8-16(17)19/h3-9,14H,10H2,1-2H3,(H3,22,24,25). The van der Waals surface area contributed by atoms with E-state index in [-0.39, 0.29) is 11.7 Å². The van der Waals surface area contributed by atoms with E-state index in [0.29, 0.717) is 11.3 Å². The van der Waals surface area contributed by atoms with E-state index in [2.05, 4.69) is 10.5 Å². The number of nitrogens with zero attached hydrogens (tertiary/aromatic N) is 1. The third kappa shape index (κ3) is 3.44. The Kier molecular flexibility index (Phi) is 5.25. The van der Waals surface area contributed by atoms with Gasteiger partial charge in [-0.15, -0.1) is 23.4 Å². The zero-order chi connectivity index (χ0) is 18.9. The van der Waals surface area contributed by atoms with Gasteiger partial charge in [0.15, 0.2) is 0 Å². The van der Waals surface area contributed by atoms with Crippen molar-refractivity contribution in [3.63, 3.8) is 0 Å². The number of rotatable bonds is 3. The Hall–Kier alpha value is -2.05. The molecule has 26 heavy (non-hydrogen) atoms. The van der Waals surface area contributed by atoms with Gasteiger partial charge in [-0.05, 0) is 54.3 Å². The Morgan fingerprint density at radius 3 is 2.81 bits per heavy atom. The van der Waals surface area contributed by atoms with Crippen molar-refractivity contribution < 1.29 is 9.18 Å². The van der Waals surface area contributed by atoms with Gasteiger partial charge in [-0.1, -0.05) is 18.2 Å². The maximum atomic E-state index is 14.0. The summed E-state index contributed by atoms with van der Waals surface area (Å²) in [6.07, 6.45) is 1.58. The predicted octanol–water partition coefficient (Wildman–Crippen LogP) is 4.30.